The van der Waals surface area contributed by atoms with Gasteiger partial charge in [0, 0.05) is 13.1 Å². The zero-order chi connectivity index (χ0) is 14.8. The number of nitrogens with zero attached hydrogens (tertiary/aromatic N) is 1. The lowest BCUT2D eigenvalue weighted by Gasteiger charge is -2.40. The molecule has 0 atom stereocenters. The van der Waals surface area contributed by atoms with Gasteiger partial charge in [-0.25, -0.2) is 4.79 Å². The maximum atomic E-state index is 12.2. The van der Waals surface area contributed by atoms with Crippen molar-refractivity contribution in [2.24, 2.45) is 5.41 Å². The number of carbonyl (C=O) groups excluding carboxylic acids is 1. The minimum absolute atomic E-state index is 0.189. The Morgan fingerprint density at radius 2 is 1.63 bits per heavy atom. The van der Waals surface area contributed by atoms with E-state index in [-0.39, 0.29) is 12.1 Å². The van der Waals surface area contributed by atoms with Crippen molar-refractivity contribution < 1.29 is 14.7 Å². The average molecular weight is 270 g/mol. The normalized spacial score (nSPS) is 17.3. The van der Waals surface area contributed by atoms with Crippen molar-refractivity contribution in [3.8, 4) is 0 Å². The molecule has 5 heteroatoms. The maximum absolute atomic E-state index is 12.2. The van der Waals surface area contributed by atoms with Gasteiger partial charge in [-0.1, -0.05) is 12.8 Å². The van der Waals surface area contributed by atoms with Crippen LogP contribution in [0.1, 0.15) is 53.4 Å². The molecule has 2 amide bonds. The standard InChI is InChI=1S/C14H26N2O3/c1-13(2,11(17)18)14(3,4)15-12(19)16(5)10-8-6-7-9-10/h10H,6-9H2,1-5H3,(H,15,19)(H,17,18). The summed E-state index contributed by atoms with van der Waals surface area (Å²) in [5, 5.41) is 12.1. The second-order valence-corrected chi connectivity index (χ2v) is 6.53. The van der Waals surface area contributed by atoms with Gasteiger partial charge in [-0.05, 0) is 40.5 Å². The number of amides is 2. The Labute approximate surface area is 115 Å². The number of hydrogen-bond donors (Lipinski definition) is 2. The highest BCUT2D eigenvalue weighted by molar-refractivity contribution is 5.79. The van der Waals surface area contributed by atoms with E-state index in [2.05, 4.69) is 5.32 Å². The first kappa shape index (κ1) is 15.8. The fourth-order valence-corrected chi connectivity index (χ4v) is 2.24. The average Bonchev–Trinajstić information content (AvgIpc) is 2.80. The molecule has 0 aliphatic heterocycles. The van der Waals surface area contributed by atoms with E-state index < -0.39 is 16.9 Å². The fourth-order valence-electron chi connectivity index (χ4n) is 2.24. The van der Waals surface area contributed by atoms with Crippen LogP contribution in [-0.4, -0.2) is 40.6 Å². The van der Waals surface area contributed by atoms with Crippen molar-refractivity contribution >= 4 is 12.0 Å². The fraction of sp³-hybridized carbons (Fsp3) is 0.857. The molecule has 0 aromatic heterocycles. The molecule has 5 nitrogen and oxygen atoms in total. The number of rotatable bonds is 4. The van der Waals surface area contributed by atoms with E-state index >= 15 is 0 Å². The molecule has 1 rings (SSSR count). The molecule has 0 aromatic carbocycles. The number of carbonyl (C=O) groups is 2. The third-order valence-electron chi connectivity index (χ3n) is 4.71. The molecule has 0 saturated heterocycles. The molecule has 1 saturated carbocycles. The summed E-state index contributed by atoms with van der Waals surface area (Å²) < 4.78 is 0. The van der Waals surface area contributed by atoms with Crippen LogP contribution < -0.4 is 5.32 Å². The topological polar surface area (TPSA) is 69.6 Å². The van der Waals surface area contributed by atoms with Crippen molar-refractivity contribution in [1.29, 1.82) is 0 Å². The van der Waals surface area contributed by atoms with Crippen molar-refractivity contribution in [2.45, 2.75) is 65.0 Å². The smallest absolute Gasteiger partial charge is 0.317 e. The van der Waals surface area contributed by atoms with Crippen LogP contribution >= 0.6 is 0 Å². The lowest BCUT2D eigenvalue weighted by molar-refractivity contribution is -0.150. The molecule has 1 aliphatic rings. The predicted molar refractivity (Wildman–Crippen MR) is 74.0 cm³/mol. The van der Waals surface area contributed by atoms with Crippen LogP contribution in [0.2, 0.25) is 0 Å². The second-order valence-electron chi connectivity index (χ2n) is 6.53. The number of hydrogen-bond acceptors (Lipinski definition) is 2. The van der Waals surface area contributed by atoms with Crippen LogP contribution in [0.5, 0.6) is 0 Å². The summed E-state index contributed by atoms with van der Waals surface area (Å²) in [6.07, 6.45) is 4.39. The number of aliphatic carboxylic acids is 1. The predicted octanol–water partition coefficient (Wildman–Crippen LogP) is 2.46. The molecule has 0 bridgehead atoms. The minimum Gasteiger partial charge on any atom is -0.481 e. The summed E-state index contributed by atoms with van der Waals surface area (Å²) in [4.78, 5) is 25.3. The van der Waals surface area contributed by atoms with Gasteiger partial charge >= 0.3 is 12.0 Å². The Hall–Kier alpha value is -1.26. The number of carboxylic acids is 1. The first-order valence-electron chi connectivity index (χ1n) is 6.88. The van der Waals surface area contributed by atoms with E-state index in [1.165, 1.54) is 0 Å². The van der Waals surface area contributed by atoms with Gasteiger partial charge in [0.2, 0.25) is 0 Å². The van der Waals surface area contributed by atoms with Gasteiger partial charge in [-0.15, -0.1) is 0 Å². The lowest BCUT2D eigenvalue weighted by atomic mass is 9.74. The summed E-state index contributed by atoms with van der Waals surface area (Å²) in [5.74, 6) is -0.915. The summed E-state index contributed by atoms with van der Waals surface area (Å²) in [6, 6.07) is 0.0926. The van der Waals surface area contributed by atoms with Gasteiger partial charge in [0.1, 0.15) is 0 Å². The van der Waals surface area contributed by atoms with Gasteiger partial charge in [0.25, 0.3) is 0 Å². The van der Waals surface area contributed by atoms with Crippen molar-refractivity contribution in [1.82, 2.24) is 10.2 Å². The molecule has 0 heterocycles. The number of carboxylic acid groups (broad SMARTS) is 1. The van der Waals surface area contributed by atoms with Crippen LogP contribution in [0.3, 0.4) is 0 Å². The maximum Gasteiger partial charge on any atom is 0.317 e. The summed E-state index contributed by atoms with van der Waals surface area (Å²) in [7, 11) is 1.79. The summed E-state index contributed by atoms with van der Waals surface area (Å²) in [5.41, 5.74) is -1.85. The second kappa shape index (κ2) is 5.39. The Balaban J connectivity index is 2.71. The van der Waals surface area contributed by atoms with E-state index in [1.54, 1.807) is 39.6 Å². The van der Waals surface area contributed by atoms with E-state index in [1.807, 2.05) is 0 Å². The zero-order valence-corrected chi connectivity index (χ0v) is 12.6. The quantitative estimate of drug-likeness (QED) is 0.824. The van der Waals surface area contributed by atoms with Gasteiger partial charge < -0.3 is 15.3 Å². The van der Waals surface area contributed by atoms with Crippen LogP contribution in [0, 0.1) is 5.41 Å². The highest BCUT2D eigenvalue weighted by Gasteiger charge is 2.45. The molecular weight excluding hydrogens is 244 g/mol. The van der Waals surface area contributed by atoms with Crippen LogP contribution in [0.4, 0.5) is 4.79 Å². The SMILES string of the molecule is CN(C(=O)NC(C)(C)C(C)(C)C(=O)O)C1CCCC1. The van der Waals surface area contributed by atoms with E-state index in [9.17, 15) is 14.7 Å². The molecule has 1 aliphatic carbocycles. The van der Waals surface area contributed by atoms with Crippen molar-refractivity contribution in [3.63, 3.8) is 0 Å². The summed E-state index contributed by atoms with van der Waals surface area (Å²) in [6.45, 7) is 6.76. The van der Waals surface area contributed by atoms with Gasteiger partial charge in [-0.3, -0.25) is 4.79 Å². The number of nitrogens with one attached hydrogen (secondary N) is 1. The Morgan fingerprint density at radius 3 is 2.05 bits per heavy atom. The van der Waals surface area contributed by atoms with E-state index in [0.29, 0.717) is 0 Å². The highest BCUT2D eigenvalue weighted by Crippen LogP contribution is 2.31. The monoisotopic (exact) mass is 270 g/mol. The molecule has 0 radical (unpaired) electrons. The van der Waals surface area contributed by atoms with E-state index in [4.69, 9.17) is 0 Å². The van der Waals surface area contributed by atoms with Crippen molar-refractivity contribution in [3.05, 3.63) is 0 Å². The first-order valence-corrected chi connectivity index (χ1v) is 6.88. The van der Waals surface area contributed by atoms with Gasteiger partial charge in [-0.2, -0.15) is 0 Å². The van der Waals surface area contributed by atoms with Gasteiger partial charge in [0.15, 0.2) is 0 Å². The third kappa shape index (κ3) is 3.19. The first-order chi connectivity index (χ1) is 8.59. The van der Waals surface area contributed by atoms with Crippen molar-refractivity contribution in [2.75, 3.05) is 7.05 Å². The zero-order valence-electron chi connectivity index (χ0n) is 12.6. The largest absolute Gasteiger partial charge is 0.481 e. The number of urea groups is 1. The molecule has 0 aromatic rings. The Morgan fingerprint density at radius 1 is 1.16 bits per heavy atom. The highest BCUT2D eigenvalue weighted by atomic mass is 16.4. The Bertz CT molecular complexity index is 358. The third-order valence-corrected chi connectivity index (χ3v) is 4.71. The molecule has 1 fully saturated rings. The Kier molecular flexibility index (Phi) is 4.48. The molecule has 19 heavy (non-hydrogen) atoms. The van der Waals surface area contributed by atoms with Gasteiger partial charge in [0.05, 0.1) is 11.0 Å². The van der Waals surface area contributed by atoms with Crippen LogP contribution in [-0.2, 0) is 4.79 Å². The molecule has 0 unspecified atom stereocenters. The van der Waals surface area contributed by atoms with Crippen LogP contribution in [0.25, 0.3) is 0 Å². The van der Waals surface area contributed by atoms with E-state index in [0.717, 1.165) is 25.7 Å². The lowest BCUT2D eigenvalue weighted by Crippen LogP contribution is -2.60. The minimum atomic E-state index is -1.03. The molecule has 0 spiro atoms. The molecule has 110 valence electrons. The summed E-state index contributed by atoms with van der Waals surface area (Å²) >= 11 is 0. The molecular formula is C14H26N2O3. The van der Waals surface area contributed by atoms with Crippen LogP contribution in [0.15, 0.2) is 0 Å². The molecule has 2 N–H and O–H groups in total.